The third-order valence-electron chi connectivity index (χ3n) is 2.41. The maximum absolute atomic E-state index is 10.9. The number of nitrogens with one attached hydrogen (secondary N) is 1. The summed E-state index contributed by atoms with van der Waals surface area (Å²) in [6.45, 7) is 0.536. The van der Waals surface area contributed by atoms with Gasteiger partial charge >= 0.3 is 6.09 Å². The van der Waals surface area contributed by atoms with Crippen LogP contribution in [0.25, 0.3) is 11.3 Å². The summed E-state index contributed by atoms with van der Waals surface area (Å²) < 4.78 is 4.50. The van der Waals surface area contributed by atoms with Crippen molar-refractivity contribution in [3.63, 3.8) is 0 Å². The highest BCUT2D eigenvalue weighted by atomic mass is 32.1. The van der Waals surface area contributed by atoms with Crippen LogP contribution in [0.15, 0.2) is 35.7 Å². The Morgan fingerprint density at radius 1 is 1.39 bits per heavy atom. The highest BCUT2D eigenvalue weighted by Crippen LogP contribution is 2.21. The summed E-state index contributed by atoms with van der Waals surface area (Å²) in [4.78, 5) is 15.4. The topological polar surface area (TPSA) is 51.2 Å². The van der Waals surface area contributed by atoms with Crippen molar-refractivity contribution in [1.29, 1.82) is 0 Å². The Balaban J connectivity index is 1.93. The lowest BCUT2D eigenvalue weighted by Crippen LogP contribution is -2.25. The third kappa shape index (κ3) is 3.30. The number of hydrogen-bond acceptors (Lipinski definition) is 4. The average Bonchev–Trinajstić information content (AvgIpc) is 2.88. The highest BCUT2D eigenvalue weighted by Gasteiger charge is 2.04. The molecule has 94 valence electrons. The van der Waals surface area contributed by atoms with Crippen molar-refractivity contribution in [1.82, 2.24) is 10.3 Å². The second-order valence-electron chi connectivity index (χ2n) is 3.66. The summed E-state index contributed by atoms with van der Waals surface area (Å²) in [6.07, 6.45) is 0.307. The number of methoxy groups -OCH3 is 1. The van der Waals surface area contributed by atoms with Gasteiger partial charge < -0.3 is 10.1 Å². The Morgan fingerprint density at radius 2 is 2.17 bits per heavy atom. The Morgan fingerprint density at radius 3 is 2.89 bits per heavy atom. The second kappa shape index (κ2) is 6.16. The molecule has 0 fully saturated rings. The summed E-state index contributed by atoms with van der Waals surface area (Å²) >= 11 is 1.60. The van der Waals surface area contributed by atoms with E-state index in [0.717, 1.165) is 16.3 Å². The fraction of sp³-hybridized carbons (Fsp3) is 0.231. The number of alkyl carbamates (subject to hydrolysis) is 1. The molecule has 0 bridgehead atoms. The van der Waals surface area contributed by atoms with Crippen LogP contribution >= 0.6 is 11.3 Å². The van der Waals surface area contributed by atoms with Gasteiger partial charge in [-0.1, -0.05) is 30.3 Å². The van der Waals surface area contributed by atoms with Gasteiger partial charge in [0.25, 0.3) is 0 Å². The number of hydrogen-bond donors (Lipinski definition) is 1. The van der Waals surface area contributed by atoms with Crippen molar-refractivity contribution in [2.45, 2.75) is 6.42 Å². The van der Waals surface area contributed by atoms with Gasteiger partial charge in [-0.05, 0) is 0 Å². The molecule has 0 aliphatic heterocycles. The molecule has 0 aliphatic carbocycles. The van der Waals surface area contributed by atoms with Crippen molar-refractivity contribution in [2.75, 3.05) is 13.7 Å². The maximum Gasteiger partial charge on any atom is 0.406 e. The van der Waals surface area contributed by atoms with Gasteiger partial charge in [0, 0.05) is 23.9 Å². The highest BCUT2D eigenvalue weighted by molar-refractivity contribution is 7.09. The molecule has 0 atom stereocenters. The van der Waals surface area contributed by atoms with Crippen LogP contribution in [-0.2, 0) is 11.2 Å². The first-order valence-electron chi connectivity index (χ1n) is 5.61. The van der Waals surface area contributed by atoms with E-state index in [1.54, 1.807) is 11.3 Å². The van der Waals surface area contributed by atoms with Gasteiger partial charge in [0.05, 0.1) is 17.8 Å². The quantitative estimate of drug-likeness (QED) is 0.921. The van der Waals surface area contributed by atoms with Crippen molar-refractivity contribution in [2.24, 2.45) is 0 Å². The molecule has 18 heavy (non-hydrogen) atoms. The van der Waals surface area contributed by atoms with Gasteiger partial charge in [0.2, 0.25) is 0 Å². The number of ether oxygens (including phenoxy) is 1. The first-order chi connectivity index (χ1) is 8.79. The number of rotatable bonds is 4. The van der Waals surface area contributed by atoms with Gasteiger partial charge in [-0.25, -0.2) is 9.78 Å². The van der Waals surface area contributed by atoms with Gasteiger partial charge in [0.1, 0.15) is 0 Å². The maximum atomic E-state index is 10.9. The summed E-state index contributed by atoms with van der Waals surface area (Å²) in [7, 11) is 1.35. The number of nitrogens with zero attached hydrogens (tertiary/aromatic N) is 1. The molecule has 0 aliphatic rings. The SMILES string of the molecule is COC(=O)NCCc1nc(-c2ccccc2)cs1. The predicted molar refractivity (Wildman–Crippen MR) is 71.7 cm³/mol. The molecule has 4 nitrogen and oxygen atoms in total. The Hall–Kier alpha value is -1.88. The molecule has 5 heteroatoms. The largest absolute Gasteiger partial charge is 0.453 e. The van der Waals surface area contributed by atoms with E-state index < -0.39 is 6.09 Å². The minimum Gasteiger partial charge on any atom is -0.453 e. The monoisotopic (exact) mass is 262 g/mol. The third-order valence-corrected chi connectivity index (χ3v) is 3.32. The van der Waals surface area contributed by atoms with Gasteiger partial charge in [-0.2, -0.15) is 0 Å². The minimum atomic E-state index is -0.408. The average molecular weight is 262 g/mol. The molecule has 1 heterocycles. The van der Waals surface area contributed by atoms with Crippen LogP contribution in [0.2, 0.25) is 0 Å². The van der Waals surface area contributed by atoms with E-state index in [2.05, 4.69) is 15.0 Å². The van der Waals surface area contributed by atoms with Crippen LogP contribution in [0.1, 0.15) is 5.01 Å². The Kier molecular flexibility index (Phi) is 4.30. The molecular weight excluding hydrogens is 248 g/mol. The predicted octanol–water partition coefficient (Wildman–Crippen LogP) is 2.71. The molecule has 2 rings (SSSR count). The van der Waals surface area contributed by atoms with Crippen molar-refractivity contribution in [3.8, 4) is 11.3 Å². The Bertz CT molecular complexity index is 511. The molecule has 1 amide bonds. The zero-order chi connectivity index (χ0) is 12.8. The first kappa shape index (κ1) is 12.6. The zero-order valence-electron chi connectivity index (χ0n) is 10.1. The fourth-order valence-electron chi connectivity index (χ4n) is 1.51. The van der Waals surface area contributed by atoms with Crippen molar-refractivity contribution in [3.05, 3.63) is 40.7 Å². The summed E-state index contributed by atoms with van der Waals surface area (Å²) in [5.41, 5.74) is 2.09. The van der Waals surface area contributed by atoms with E-state index in [4.69, 9.17) is 0 Å². The van der Waals surface area contributed by atoms with Crippen molar-refractivity contribution < 1.29 is 9.53 Å². The van der Waals surface area contributed by atoms with Crippen molar-refractivity contribution >= 4 is 17.4 Å². The van der Waals surface area contributed by atoms with Gasteiger partial charge in [-0.15, -0.1) is 11.3 Å². The lowest BCUT2D eigenvalue weighted by molar-refractivity contribution is 0.171. The Labute approximate surface area is 110 Å². The van der Waals surface area contributed by atoms with E-state index in [0.29, 0.717) is 13.0 Å². The molecule has 1 aromatic heterocycles. The van der Waals surface area contributed by atoms with Crippen LogP contribution in [0, 0.1) is 0 Å². The summed E-state index contributed by atoms with van der Waals surface area (Å²) in [5, 5.41) is 5.67. The number of carbonyl (C=O) groups excluding carboxylic acids is 1. The molecule has 0 spiro atoms. The van der Waals surface area contributed by atoms with Crippen LogP contribution in [0.3, 0.4) is 0 Å². The fourth-order valence-corrected chi connectivity index (χ4v) is 2.32. The van der Waals surface area contributed by atoms with E-state index >= 15 is 0 Å². The number of thiazole rings is 1. The molecule has 1 aromatic carbocycles. The lowest BCUT2D eigenvalue weighted by Gasteiger charge is -2.00. The van der Waals surface area contributed by atoms with E-state index in [9.17, 15) is 4.79 Å². The van der Waals surface area contributed by atoms with E-state index in [-0.39, 0.29) is 0 Å². The molecule has 1 N–H and O–H groups in total. The van der Waals surface area contributed by atoms with Crippen LogP contribution in [0.4, 0.5) is 4.79 Å². The summed E-state index contributed by atoms with van der Waals surface area (Å²) in [6, 6.07) is 10.0. The number of benzene rings is 1. The van der Waals surface area contributed by atoms with E-state index in [1.807, 2.05) is 35.7 Å². The van der Waals surface area contributed by atoms with E-state index in [1.165, 1.54) is 7.11 Å². The molecule has 0 saturated carbocycles. The minimum absolute atomic E-state index is 0.408. The molecular formula is C13H14N2O2S. The zero-order valence-corrected chi connectivity index (χ0v) is 10.9. The number of aromatic nitrogens is 1. The number of amides is 1. The lowest BCUT2D eigenvalue weighted by atomic mass is 10.2. The molecule has 0 unspecified atom stereocenters. The smallest absolute Gasteiger partial charge is 0.406 e. The molecule has 0 radical (unpaired) electrons. The van der Waals surface area contributed by atoms with Gasteiger partial charge in [0.15, 0.2) is 0 Å². The van der Waals surface area contributed by atoms with Crippen LogP contribution < -0.4 is 5.32 Å². The normalized spacial score (nSPS) is 10.1. The first-order valence-corrected chi connectivity index (χ1v) is 6.49. The van der Waals surface area contributed by atoms with Crippen LogP contribution in [-0.4, -0.2) is 24.7 Å². The standard InChI is InChI=1S/C13H14N2O2S/c1-17-13(16)14-8-7-12-15-11(9-18-12)10-5-3-2-4-6-10/h2-6,9H,7-8H2,1H3,(H,14,16). The van der Waals surface area contributed by atoms with Crippen LogP contribution in [0.5, 0.6) is 0 Å². The molecule has 2 aromatic rings. The number of carbonyl (C=O) groups is 1. The molecule has 0 saturated heterocycles. The second-order valence-corrected chi connectivity index (χ2v) is 4.60. The summed E-state index contributed by atoms with van der Waals surface area (Å²) in [5.74, 6) is 0. The van der Waals surface area contributed by atoms with Gasteiger partial charge in [-0.3, -0.25) is 0 Å².